The SMILES string of the molecule is CCCCCCCCCCCCCCCCC(=O)O[C@H](COC(=O)CCCCCCCCCCC(C)CC)COP(=O)(O)OC[C@@H](O)COP(=O)(O)OC[C@@H](COC(=O)CCCCCCCCCC)OC(=O)CCCCCCCCCCCCCC. The highest BCUT2D eigenvalue weighted by atomic mass is 31.2. The average molecular weight is 1270 g/mol. The van der Waals surface area contributed by atoms with Gasteiger partial charge in [0.2, 0.25) is 0 Å². The molecule has 19 heteroatoms. The maximum Gasteiger partial charge on any atom is 0.472 e. The van der Waals surface area contributed by atoms with E-state index in [1.807, 2.05) is 0 Å². The zero-order chi connectivity index (χ0) is 63.5. The van der Waals surface area contributed by atoms with Crippen molar-refractivity contribution in [2.24, 2.45) is 5.92 Å². The Morgan fingerprint density at radius 2 is 0.558 bits per heavy atom. The minimum Gasteiger partial charge on any atom is -0.462 e. The Bertz CT molecular complexity index is 1670. The standard InChI is InChI=1S/C67H130O17P2/c1-6-10-13-16-19-22-24-26-27-29-31-38-43-48-53-67(72)84-63(57-78-65(70)51-46-41-36-33-32-34-39-44-49-60(5)9-4)59-82-86(75,76)80-55-61(68)54-79-85(73,74)81-58-62(56-77-64(69)50-45-40-35-21-18-15-12-8-3)83-66(71)52-47-42-37-30-28-25-23-20-17-14-11-7-2/h60-63,68H,6-59H2,1-5H3,(H,73,74)(H,75,76)/t60?,61-,62+,63+/m0/s1. The zero-order valence-corrected chi connectivity index (χ0v) is 57.2. The molecule has 0 aliphatic carbocycles. The summed E-state index contributed by atoms with van der Waals surface area (Å²) in [4.78, 5) is 72.3. The third kappa shape index (κ3) is 59.7. The summed E-state index contributed by atoms with van der Waals surface area (Å²) in [6.07, 6.45) is 45.7. The lowest BCUT2D eigenvalue weighted by molar-refractivity contribution is -0.161. The molecule has 6 atom stereocenters. The summed E-state index contributed by atoms with van der Waals surface area (Å²) >= 11 is 0. The predicted octanol–water partition coefficient (Wildman–Crippen LogP) is 19.0. The Morgan fingerprint density at radius 1 is 0.326 bits per heavy atom. The van der Waals surface area contributed by atoms with Crippen LogP contribution >= 0.6 is 15.6 Å². The van der Waals surface area contributed by atoms with Crippen LogP contribution < -0.4 is 0 Å². The lowest BCUT2D eigenvalue weighted by Gasteiger charge is -2.21. The molecule has 0 aromatic rings. The summed E-state index contributed by atoms with van der Waals surface area (Å²) < 4.78 is 68.1. The fourth-order valence-corrected chi connectivity index (χ4v) is 11.7. The van der Waals surface area contributed by atoms with E-state index in [0.717, 1.165) is 102 Å². The van der Waals surface area contributed by atoms with Gasteiger partial charge in [-0.2, -0.15) is 0 Å². The highest BCUT2D eigenvalue weighted by molar-refractivity contribution is 7.47. The first-order chi connectivity index (χ1) is 41.6. The Hall–Kier alpha value is -1.94. The molecule has 0 aliphatic rings. The van der Waals surface area contributed by atoms with Crippen LogP contribution in [0.15, 0.2) is 0 Å². The number of ether oxygens (including phenoxy) is 4. The van der Waals surface area contributed by atoms with Gasteiger partial charge in [-0.1, -0.05) is 291 Å². The van der Waals surface area contributed by atoms with Crippen molar-refractivity contribution in [1.29, 1.82) is 0 Å². The van der Waals surface area contributed by atoms with E-state index in [1.54, 1.807) is 0 Å². The lowest BCUT2D eigenvalue weighted by Crippen LogP contribution is -2.30. The minimum atomic E-state index is -4.95. The molecular weight excluding hydrogens is 1140 g/mol. The number of carbonyl (C=O) groups is 4. The summed E-state index contributed by atoms with van der Waals surface area (Å²) in [6, 6.07) is 0. The number of phosphoric ester groups is 2. The molecule has 3 N–H and O–H groups in total. The fraction of sp³-hybridized carbons (Fsp3) is 0.940. The minimum absolute atomic E-state index is 0.107. The Morgan fingerprint density at radius 3 is 0.826 bits per heavy atom. The van der Waals surface area contributed by atoms with Crippen molar-refractivity contribution in [1.82, 2.24) is 0 Å². The van der Waals surface area contributed by atoms with Gasteiger partial charge in [0.15, 0.2) is 12.2 Å². The number of unbranched alkanes of at least 4 members (excludes halogenated alkanes) is 38. The molecule has 0 aromatic heterocycles. The van der Waals surface area contributed by atoms with E-state index in [2.05, 4.69) is 34.6 Å². The number of aliphatic hydroxyl groups is 1. The van der Waals surface area contributed by atoms with Gasteiger partial charge < -0.3 is 33.8 Å². The van der Waals surface area contributed by atoms with Crippen LogP contribution in [0.4, 0.5) is 0 Å². The summed E-state index contributed by atoms with van der Waals surface area (Å²) in [7, 11) is -9.89. The van der Waals surface area contributed by atoms with Crippen LogP contribution in [0.25, 0.3) is 0 Å². The van der Waals surface area contributed by atoms with Crippen molar-refractivity contribution in [3.05, 3.63) is 0 Å². The van der Waals surface area contributed by atoms with Gasteiger partial charge in [0.05, 0.1) is 26.4 Å². The second-order valence-corrected chi connectivity index (χ2v) is 27.4. The van der Waals surface area contributed by atoms with Gasteiger partial charge in [0.1, 0.15) is 19.3 Å². The second-order valence-electron chi connectivity index (χ2n) is 24.5. The molecule has 0 radical (unpaired) electrons. The zero-order valence-electron chi connectivity index (χ0n) is 55.4. The topological polar surface area (TPSA) is 237 Å². The number of rotatable bonds is 67. The molecular formula is C67H130O17P2. The van der Waals surface area contributed by atoms with Gasteiger partial charge in [-0.05, 0) is 31.6 Å². The molecule has 0 saturated carbocycles. The van der Waals surface area contributed by atoms with Gasteiger partial charge in [0, 0.05) is 25.7 Å². The van der Waals surface area contributed by atoms with Gasteiger partial charge in [-0.15, -0.1) is 0 Å². The smallest absolute Gasteiger partial charge is 0.462 e. The van der Waals surface area contributed by atoms with Gasteiger partial charge in [-0.25, -0.2) is 9.13 Å². The van der Waals surface area contributed by atoms with Crippen molar-refractivity contribution in [3.63, 3.8) is 0 Å². The quantitative estimate of drug-likeness (QED) is 0.0222. The molecule has 0 amide bonds. The Kier molecular flexibility index (Phi) is 59.2. The molecule has 0 aromatic carbocycles. The van der Waals surface area contributed by atoms with E-state index in [4.69, 9.17) is 37.0 Å². The third-order valence-corrected chi connectivity index (χ3v) is 17.8. The molecule has 0 bridgehead atoms. The van der Waals surface area contributed by atoms with Crippen LogP contribution in [-0.2, 0) is 65.4 Å². The number of aliphatic hydroxyl groups excluding tert-OH is 1. The van der Waals surface area contributed by atoms with Crippen LogP contribution in [-0.4, -0.2) is 96.7 Å². The van der Waals surface area contributed by atoms with Crippen LogP contribution in [0.3, 0.4) is 0 Å². The molecule has 0 heterocycles. The van der Waals surface area contributed by atoms with E-state index in [-0.39, 0.29) is 25.7 Å². The first-order valence-electron chi connectivity index (χ1n) is 35.2. The van der Waals surface area contributed by atoms with Crippen molar-refractivity contribution >= 4 is 39.5 Å². The number of carbonyl (C=O) groups excluding carboxylic acids is 4. The second kappa shape index (κ2) is 60.6. The first kappa shape index (κ1) is 84.1. The van der Waals surface area contributed by atoms with Crippen LogP contribution in [0.1, 0.15) is 343 Å². The highest BCUT2D eigenvalue weighted by Crippen LogP contribution is 2.45. The van der Waals surface area contributed by atoms with Crippen molar-refractivity contribution in [2.45, 2.75) is 361 Å². The van der Waals surface area contributed by atoms with E-state index in [9.17, 15) is 43.2 Å². The van der Waals surface area contributed by atoms with Gasteiger partial charge in [-0.3, -0.25) is 37.3 Å². The summed E-state index contributed by atoms with van der Waals surface area (Å²) in [5.74, 6) is -1.35. The van der Waals surface area contributed by atoms with E-state index in [0.29, 0.717) is 25.7 Å². The van der Waals surface area contributed by atoms with E-state index >= 15 is 0 Å². The van der Waals surface area contributed by atoms with Crippen molar-refractivity contribution in [2.75, 3.05) is 39.6 Å². The molecule has 17 nitrogen and oxygen atoms in total. The number of hydrogen-bond acceptors (Lipinski definition) is 15. The van der Waals surface area contributed by atoms with Gasteiger partial charge in [0.25, 0.3) is 0 Å². The monoisotopic (exact) mass is 1270 g/mol. The number of hydrogen-bond donors (Lipinski definition) is 3. The van der Waals surface area contributed by atoms with Crippen LogP contribution in [0, 0.1) is 5.92 Å². The molecule has 0 fully saturated rings. The lowest BCUT2D eigenvalue weighted by atomic mass is 9.99. The number of phosphoric acid groups is 2. The largest absolute Gasteiger partial charge is 0.472 e. The Balaban J connectivity index is 5.23. The predicted molar refractivity (Wildman–Crippen MR) is 345 cm³/mol. The van der Waals surface area contributed by atoms with E-state index in [1.165, 1.54) is 161 Å². The first-order valence-corrected chi connectivity index (χ1v) is 38.2. The van der Waals surface area contributed by atoms with Gasteiger partial charge >= 0.3 is 39.5 Å². The molecule has 0 saturated heterocycles. The number of esters is 4. The molecule has 510 valence electrons. The normalized spacial score (nSPS) is 14.5. The average Bonchev–Trinajstić information content (AvgIpc) is 3.71. The maximum atomic E-state index is 13.0. The molecule has 86 heavy (non-hydrogen) atoms. The fourth-order valence-electron chi connectivity index (χ4n) is 10.1. The maximum absolute atomic E-state index is 13.0. The molecule has 0 aliphatic heterocycles. The molecule has 0 spiro atoms. The summed E-state index contributed by atoms with van der Waals surface area (Å²) in [5, 5.41) is 10.6. The molecule has 0 rings (SSSR count). The van der Waals surface area contributed by atoms with Crippen molar-refractivity contribution < 1.29 is 80.2 Å². The summed E-state index contributed by atoms with van der Waals surface area (Å²) in [6.45, 7) is 7.20. The van der Waals surface area contributed by atoms with Crippen molar-refractivity contribution in [3.8, 4) is 0 Å². The molecule has 3 unspecified atom stereocenters. The third-order valence-electron chi connectivity index (χ3n) is 15.9. The van der Waals surface area contributed by atoms with Crippen LogP contribution in [0.2, 0.25) is 0 Å². The van der Waals surface area contributed by atoms with Crippen LogP contribution in [0.5, 0.6) is 0 Å². The Labute approximate surface area is 524 Å². The summed E-state index contributed by atoms with van der Waals surface area (Å²) in [5.41, 5.74) is 0. The highest BCUT2D eigenvalue weighted by Gasteiger charge is 2.30. The van der Waals surface area contributed by atoms with E-state index < -0.39 is 97.5 Å².